The van der Waals surface area contributed by atoms with Crippen LogP contribution in [0.15, 0.2) is 48.5 Å². The zero-order valence-corrected chi connectivity index (χ0v) is 11.8. The molecule has 0 bridgehead atoms. The first-order valence-corrected chi connectivity index (χ1v) is 6.67. The number of nitriles is 1. The molecule has 0 heterocycles. The van der Waals surface area contributed by atoms with Gasteiger partial charge in [-0.3, -0.25) is 0 Å². The van der Waals surface area contributed by atoms with E-state index in [0.717, 1.165) is 17.9 Å². The lowest BCUT2D eigenvalue weighted by Crippen LogP contribution is -2.09. The van der Waals surface area contributed by atoms with Crippen molar-refractivity contribution in [3.8, 4) is 11.8 Å². The second-order valence-corrected chi connectivity index (χ2v) is 4.57. The average Bonchev–Trinajstić information content (AvgIpc) is 2.53. The monoisotopic (exact) mass is 266 g/mol. The van der Waals surface area contributed by atoms with Crippen LogP contribution >= 0.6 is 0 Å². The minimum absolute atomic E-state index is 0.244. The first-order valence-electron chi connectivity index (χ1n) is 6.67. The fraction of sp³-hybridized carbons (Fsp3) is 0.235. The van der Waals surface area contributed by atoms with E-state index in [0.29, 0.717) is 5.56 Å². The predicted octanol–water partition coefficient (Wildman–Crippen LogP) is 4.13. The zero-order chi connectivity index (χ0) is 14.4. The number of hydrogen-bond acceptors (Lipinski definition) is 3. The fourth-order valence-corrected chi connectivity index (χ4v) is 2.10. The maximum atomic E-state index is 8.80. The molecule has 102 valence electrons. The smallest absolute Gasteiger partial charge is 0.118 e. The number of benzene rings is 2. The molecule has 2 rings (SSSR count). The van der Waals surface area contributed by atoms with Crippen LogP contribution in [0.2, 0.25) is 0 Å². The lowest BCUT2D eigenvalue weighted by atomic mass is 10.0. The molecular weight excluding hydrogens is 248 g/mol. The number of rotatable bonds is 5. The van der Waals surface area contributed by atoms with E-state index in [1.165, 1.54) is 5.56 Å². The molecule has 3 heteroatoms. The van der Waals surface area contributed by atoms with E-state index in [-0.39, 0.29) is 6.04 Å². The van der Waals surface area contributed by atoms with Gasteiger partial charge < -0.3 is 10.1 Å². The number of nitrogens with zero attached hydrogens (tertiary/aromatic N) is 1. The van der Waals surface area contributed by atoms with Gasteiger partial charge in [-0.05, 0) is 48.4 Å². The van der Waals surface area contributed by atoms with Crippen molar-refractivity contribution in [2.24, 2.45) is 0 Å². The molecule has 0 saturated carbocycles. The molecule has 1 atom stereocenters. The number of hydrogen-bond donors (Lipinski definition) is 1. The van der Waals surface area contributed by atoms with Crippen molar-refractivity contribution in [2.45, 2.75) is 19.4 Å². The van der Waals surface area contributed by atoms with E-state index in [1.807, 2.05) is 36.4 Å². The van der Waals surface area contributed by atoms with Crippen molar-refractivity contribution in [2.75, 3.05) is 12.4 Å². The molecule has 0 aromatic heterocycles. The number of methoxy groups -OCH3 is 1. The van der Waals surface area contributed by atoms with Gasteiger partial charge in [0.25, 0.3) is 0 Å². The topological polar surface area (TPSA) is 45.0 Å². The van der Waals surface area contributed by atoms with Crippen molar-refractivity contribution in [1.29, 1.82) is 5.26 Å². The van der Waals surface area contributed by atoms with Crippen molar-refractivity contribution in [1.82, 2.24) is 0 Å². The summed E-state index contributed by atoms with van der Waals surface area (Å²) in [5.74, 6) is 0.863. The van der Waals surface area contributed by atoms with Crippen molar-refractivity contribution < 1.29 is 4.74 Å². The van der Waals surface area contributed by atoms with E-state index in [4.69, 9.17) is 10.00 Å². The highest BCUT2D eigenvalue weighted by Gasteiger charge is 2.09. The van der Waals surface area contributed by atoms with Gasteiger partial charge in [-0.15, -0.1) is 0 Å². The fourth-order valence-electron chi connectivity index (χ4n) is 2.10. The van der Waals surface area contributed by atoms with Gasteiger partial charge in [-0.25, -0.2) is 0 Å². The molecule has 2 aromatic carbocycles. The highest BCUT2D eigenvalue weighted by Crippen LogP contribution is 2.24. The average molecular weight is 266 g/mol. The molecule has 0 aliphatic rings. The lowest BCUT2D eigenvalue weighted by Gasteiger charge is -2.19. The predicted molar refractivity (Wildman–Crippen MR) is 80.8 cm³/mol. The van der Waals surface area contributed by atoms with Gasteiger partial charge in [0.15, 0.2) is 0 Å². The third-order valence-electron chi connectivity index (χ3n) is 3.28. The minimum Gasteiger partial charge on any atom is -0.497 e. The highest BCUT2D eigenvalue weighted by atomic mass is 16.5. The number of anilines is 1. The van der Waals surface area contributed by atoms with Gasteiger partial charge in [0.2, 0.25) is 0 Å². The van der Waals surface area contributed by atoms with E-state index < -0.39 is 0 Å². The Hall–Kier alpha value is -2.47. The molecule has 0 aliphatic heterocycles. The second-order valence-electron chi connectivity index (χ2n) is 4.57. The van der Waals surface area contributed by atoms with E-state index in [1.54, 1.807) is 7.11 Å². The van der Waals surface area contributed by atoms with Crippen LogP contribution in [0.3, 0.4) is 0 Å². The molecule has 0 amide bonds. The highest BCUT2D eigenvalue weighted by molar-refractivity contribution is 5.49. The van der Waals surface area contributed by atoms with Crippen LogP contribution in [0.4, 0.5) is 5.69 Å². The van der Waals surface area contributed by atoms with Gasteiger partial charge in [-0.2, -0.15) is 5.26 Å². The Bertz CT molecular complexity index is 582. The van der Waals surface area contributed by atoms with Crippen LogP contribution in [-0.4, -0.2) is 7.11 Å². The Morgan fingerprint density at radius 1 is 1.10 bits per heavy atom. The molecule has 3 nitrogen and oxygen atoms in total. The van der Waals surface area contributed by atoms with Crippen LogP contribution in [-0.2, 0) is 0 Å². The normalized spacial score (nSPS) is 11.4. The Labute approximate surface area is 119 Å². The van der Waals surface area contributed by atoms with Crippen molar-refractivity contribution >= 4 is 5.69 Å². The Morgan fingerprint density at radius 3 is 2.25 bits per heavy atom. The molecular formula is C17H18N2O. The summed E-state index contributed by atoms with van der Waals surface area (Å²) >= 11 is 0. The van der Waals surface area contributed by atoms with Crippen molar-refractivity contribution in [3.63, 3.8) is 0 Å². The van der Waals surface area contributed by atoms with Gasteiger partial charge in [-0.1, -0.05) is 19.1 Å². The molecule has 1 unspecified atom stereocenters. The largest absolute Gasteiger partial charge is 0.497 e. The third-order valence-corrected chi connectivity index (χ3v) is 3.28. The summed E-state index contributed by atoms with van der Waals surface area (Å²) in [4.78, 5) is 0. The summed E-state index contributed by atoms with van der Waals surface area (Å²) in [6, 6.07) is 18.0. The Balaban J connectivity index is 2.12. The second kappa shape index (κ2) is 6.63. The van der Waals surface area contributed by atoms with Crippen LogP contribution in [0, 0.1) is 11.3 Å². The molecule has 0 radical (unpaired) electrons. The molecule has 1 N–H and O–H groups in total. The minimum atomic E-state index is 0.244. The maximum Gasteiger partial charge on any atom is 0.118 e. The summed E-state index contributed by atoms with van der Waals surface area (Å²) in [5, 5.41) is 12.3. The number of ether oxygens (including phenoxy) is 1. The molecule has 0 spiro atoms. The first-order chi connectivity index (χ1) is 9.76. The van der Waals surface area contributed by atoms with Gasteiger partial charge in [0.1, 0.15) is 5.75 Å². The molecule has 2 aromatic rings. The van der Waals surface area contributed by atoms with Crippen LogP contribution in [0.1, 0.15) is 30.5 Å². The maximum absolute atomic E-state index is 8.80. The SMILES string of the molecule is CCC(Nc1ccc(C#N)cc1)c1ccc(OC)cc1. The summed E-state index contributed by atoms with van der Waals surface area (Å²) in [6.07, 6.45) is 0.979. The van der Waals surface area contributed by atoms with E-state index >= 15 is 0 Å². The zero-order valence-electron chi connectivity index (χ0n) is 11.8. The lowest BCUT2D eigenvalue weighted by molar-refractivity contribution is 0.414. The summed E-state index contributed by atoms with van der Waals surface area (Å²) in [7, 11) is 1.67. The van der Waals surface area contributed by atoms with E-state index in [9.17, 15) is 0 Å². The third kappa shape index (κ3) is 3.30. The summed E-state index contributed by atoms with van der Waals surface area (Å²) < 4.78 is 5.18. The molecule has 20 heavy (non-hydrogen) atoms. The van der Waals surface area contributed by atoms with Gasteiger partial charge in [0.05, 0.1) is 24.8 Å². The van der Waals surface area contributed by atoms with Crippen LogP contribution in [0.25, 0.3) is 0 Å². The van der Waals surface area contributed by atoms with E-state index in [2.05, 4.69) is 30.4 Å². The molecule has 0 aliphatic carbocycles. The Morgan fingerprint density at radius 2 is 1.75 bits per heavy atom. The van der Waals surface area contributed by atoms with Crippen molar-refractivity contribution in [3.05, 3.63) is 59.7 Å². The number of nitrogens with one attached hydrogen (secondary N) is 1. The Kier molecular flexibility index (Phi) is 4.62. The standard InChI is InChI=1S/C17H18N2O/c1-3-17(14-6-10-16(20-2)11-7-14)19-15-8-4-13(12-18)5-9-15/h4-11,17,19H,3H2,1-2H3. The van der Waals surface area contributed by atoms with Gasteiger partial charge in [0, 0.05) is 5.69 Å². The van der Waals surface area contributed by atoms with Gasteiger partial charge >= 0.3 is 0 Å². The summed E-state index contributed by atoms with van der Waals surface area (Å²) in [6.45, 7) is 2.14. The first kappa shape index (κ1) is 14.0. The quantitative estimate of drug-likeness (QED) is 0.885. The molecule has 0 fully saturated rings. The molecule has 0 saturated heterocycles. The van der Waals surface area contributed by atoms with Crippen LogP contribution in [0.5, 0.6) is 5.75 Å². The summed E-state index contributed by atoms with van der Waals surface area (Å²) in [5.41, 5.74) is 2.91. The van der Waals surface area contributed by atoms with Crippen LogP contribution < -0.4 is 10.1 Å².